The van der Waals surface area contributed by atoms with E-state index in [0.29, 0.717) is 13.1 Å². The van der Waals surface area contributed by atoms with Crippen molar-refractivity contribution in [2.45, 2.75) is 46.2 Å². The summed E-state index contributed by atoms with van der Waals surface area (Å²) in [6.07, 6.45) is 1.16. The molecule has 0 saturated heterocycles. The van der Waals surface area contributed by atoms with E-state index >= 15 is 0 Å². The molecule has 0 heterocycles. The van der Waals surface area contributed by atoms with Crippen molar-refractivity contribution in [2.75, 3.05) is 6.54 Å². The van der Waals surface area contributed by atoms with Crippen LogP contribution >= 0.6 is 0 Å². The number of carbonyl (C=O) groups is 2. The monoisotopic (exact) mass is 352 g/mol. The molecule has 1 atom stereocenters. The van der Waals surface area contributed by atoms with Gasteiger partial charge in [0.15, 0.2) is 0 Å². The van der Waals surface area contributed by atoms with Crippen LogP contribution in [0.2, 0.25) is 0 Å². The molecule has 138 valence electrons. The zero-order chi connectivity index (χ0) is 18.9. The summed E-state index contributed by atoms with van der Waals surface area (Å²) in [5, 5.41) is 2.90. The van der Waals surface area contributed by atoms with Crippen molar-refractivity contribution < 1.29 is 9.59 Å². The number of nitrogens with one attached hydrogen (secondary N) is 1. The van der Waals surface area contributed by atoms with E-state index in [2.05, 4.69) is 5.32 Å². The van der Waals surface area contributed by atoms with Crippen molar-refractivity contribution in [1.82, 2.24) is 10.2 Å². The van der Waals surface area contributed by atoms with Crippen LogP contribution in [0.15, 0.2) is 54.6 Å². The number of nitrogens with zero attached hydrogens (tertiary/aromatic N) is 1. The highest BCUT2D eigenvalue weighted by molar-refractivity contribution is 5.88. The molecule has 1 N–H and O–H groups in total. The highest BCUT2D eigenvalue weighted by Gasteiger charge is 2.26. The maximum atomic E-state index is 13.0. The van der Waals surface area contributed by atoms with Crippen LogP contribution in [-0.2, 0) is 22.6 Å². The van der Waals surface area contributed by atoms with Crippen molar-refractivity contribution in [3.63, 3.8) is 0 Å². The van der Waals surface area contributed by atoms with Gasteiger partial charge in [-0.1, -0.05) is 61.5 Å². The second-order valence-corrected chi connectivity index (χ2v) is 6.58. The lowest BCUT2D eigenvalue weighted by atomic mass is 10.1. The summed E-state index contributed by atoms with van der Waals surface area (Å²) in [6.45, 7) is 6.88. The molecule has 26 heavy (non-hydrogen) atoms. The first-order chi connectivity index (χ1) is 12.5. The van der Waals surface area contributed by atoms with E-state index in [1.807, 2.05) is 68.4 Å². The van der Waals surface area contributed by atoms with Gasteiger partial charge in [-0.15, -0.1) is 0 Å². The van der Waals surface area contributed by atoms with Gasteiger partial charge in [0, 0.05) is 13.1 Å². The Bertz CT molecular complexity index is 728. The first kappa shape index (κ1) is 19.7. The van der Waals surface area contributed by atoms with Crippen LogP contribution < -0.4 is 5.32 Å². The number of hydrogen-bond acceptors (Lipinski definition) is 2. The van der Waals surface area contributed by atoms with Crippen molar-refractivity contribution in [1.29, 1.82) is 0 Å². The van der Waals surface area contributed by atoms with Crippen LogP contribution in [0.3, 0.4) is 0 Å². The minimum atomic E-state index is -0.516. The van der Waals surface area contributed by atoms with Gasteiger partial charge >= 0.3 is 0 Å². The largest absolute Gasteiger partial charge is 0.354 e. The van der Waals surface area contributed by atoms with Gasteiger partial charge in [0.2, 0.25) is 11.8 Å². The third-order valence-corrected chi connectivity index (χ3v) is 4.52. The first-order valence-electron chi connectivity index (χ1n) is 9.18. The molecule has 0 spiro atoms. The van der Waals surface area contributed by atoms with E-state index in [1.165, 1.54) is 0 Å². The number of amides is 2. The van der Waals surface area contributed by atoms with E-state index < -0.39 is 6.04 Å². The highest BCUT2D eigenvalue weighted by Crippen LogP contribution is 2.15. The lowest BCUT2D eigenvalue weighted by molar-refractivity contribution is -0.140. The third-order valence-electron chi connectivity index (χ3n) is 4.52. The molecule has 0 aromatic heterocycles. The molecule has 0 fully saturated rings. The van der Waals surface area contributed by atoms with Gasteiger partial charge in [0.1, 0.15) is 6.04 Å². The van der Waals surface area contributed by atoms with Gasteiger partial charge in [-0.3, -0.25) is 9.59 Å². The summed E-state index contributed by atoms with van der Waals surface area (Å²) >= 11 is 0. The molecule has 0 unspecified atom stereocenters. The Labute approximate surface area is 156 Å². The van der Waals surface area contributed by atoms with Crippen LogP contribution in [0.25, 0.3) is 0 Å². The lowest BCUT2D eigenvalue weighted by Gasteiger charge is -2.29. The maximum Gasteiger partial charge on any atom is 0.242 e. The van der Waals surface area contributed by atoms with Gasteiger partial charge < -0.3 is 10.2 Å². The number of carbonyl (C=O) groups excluding carboxylic acids is 2. The molecule has 4 heteroatoms. The fourth-order valence-electron chi connectivity index (χ4n) is 2.82. The van der Waals surface area contributed by atoms with Crippen LogP contribution in [0.1, 0.15) is 37.0 Å². The molecular weight excluding hydrogens is 324 g/mol. The molecule has 2 rings (SSSR count). The Balaban J connectivity index is 2.21. The summed E-state index contributed by atoms with van der Waals surface area (Å²) in [5.41, 5.74) is 3.13. The van der Waals surface area contributed by atoms with Crippen molar-refractivity contribution in [3.8, 4) is 0 Å². The zero-order valence-corrected chi connectivity index (χ0v) is 15.9. The van der Waals surface area contributed by atoms with Gasteiger partial charge in [-0.05, 0) is 37.0 Å². The van der Waals surface area contributed by atoms with E-state index in [4.69, 9.17) is 0 Å². The van der Waals surface area contributed by atoms with Crippen molar-refractivity contribution >= 4 is 11.8 Å². The molecule has 0 saturated carbocycles. The van der Waals surface area contributed by atoms with Crippen molar-refractivity contribution in [3.05, 3.63) is 71.3 Å². The molecule has 2 aromatic carbocycles. The highest BCUT2D eigenvalue weighted by atomic mass is 16.2. The Morgan fingerprint density at radius 3 is 2.35 bits per heavy atom. The van der Waals surface area contributed by atoms with Crippen LogP contribution in [0, 0.1) is 6.92 Å². The molecule has 4 nitrogen and oxygen atoms in total. The quantitative estimate of drug-likeness (QED) is 0.791. The second-order valence-electron chi connectivity index (χ2n) is 6.58. The van der Waals surface area contributed by atoms with Crippen molar-refractivity contribution in [2.24, 2.45) is 0 Å². The topological polar surface area (TPSA) is 49.4 Å². The minimum Gasteiger partial charge on any atom is -0.354 e. The smallest absolute Gasteiger partial charge is 0.242 e. The average Bonchev–Trinajstić information content (AvgIpc) is 2.65. The van der Waals surface area contributed by atoms with Crippen LogP contribution in [-0.4, -0.2) is 29.3 Å². The molecule has 0 aliphatic heterocycles. The van der Waals surface area contributed by atoms with Gasteiger partial charge in [0.25, 0.3) is 0 Å². The lowest BCUT2D eigenvalue weighted by Crippen LogP contribution is -2.48. The van der Waals surface area contributed by atoms with Gasteiger partial charge in [-0.2, -0.15) is 0 Å². The maximum absolute atomic E-state index is 13.0. The SMILES string of the molecule is CCCNC(=O)[C@H](C)N(Cc1ccccc1C)C(=O)Cc1ccccc1. The number of benzene rings is 2. The number of rotatable bonds is 8. The molecule has 0 aliphatic rings. The summed E-state index contributed by atoms with van der Waals surface area (Å²) in [7, 11) is 0. The Morgan fingerprint density at radius 1 is 1.04 bits per heavy atom. The predicted molar refractivity (Wildman–Crippen MR) is 105 cm³/mol. The molecule has 0 aliphatic carbocycles. The molecule has 0 bridgehead atoms. The second kappa shape index (κ2) is 9.76. The molecule has 2 aromatic rings. The summed E-state index contributed by atoms with van der Waals surface area (Å²) in [4.78, 5) is 27.1. The summed E-state index contributed by atoms with van der Waals surface area (Å²) in [6, 6.07) is 17.1. The number of aryl methyl sites for hydroxylation is 1. The van der Waals surface area contributed by atoms with E-state index in [0.717, 1.165) is 23.1 Å². The summed E-state index contributed by atoms with van der Waals surface area (Å²) < 4.78 is 0. The molecule has 2 amide bonds. The third kappa shape index (κ3) is 5.45. The van der Waals surface area contributed by atoms with Gasteiger partial charge in [0.05, 0.1) is 6.42 Å². The number of hydrogen-bond donors (Lipinski definition) is 1. The van der Waals surface area contributed by atoms with E-state index in [9.17, 15) is 9.59 Å². The Kier molecular flexibility index (Phi) is 7.39. The fourth-order valence-corrected chi connectivity index (χ4v) is 2.82. The van der Waals surface area contributed by atoms with Gasteiger partial charge in [-0.25, -0.2) is 0 Å². The van der Waals surface area contributed by atoms with E-state index in [-0.39, 0.29) is 18.2 Å². The Morgan fingerprint density at radius 2 is 1.69 bits per heavy atom. The average molecular weight is 352 g/mol. The standard InChI is InChI=1S/C22H28N2O2/c1-4-14-23-22(26)18(3)24(16-20-13-9-8-10-17(20)2)21(25)15-19-11-6-5-7-12-19/h5-13,18H,4,14-16H2,1-3H3,(H,23,26)/t18-/m0/s1. The normalized spacial score (nSPS) is 11.7. The minimum absolute atomic E-state index is 0.0430. The predicted octanol–water partition coefficient (Wildman–Crippen LogP) is 3.48. The first-order valence-corrected chi connectivity index (χ1v) is 9.18. The molecular formula is C22H28N2O2. The Hall–Kier alpha value is -2.62. The summed E-state index contributed by atoms with van der Waals surface area (Å²) in [5.74, 6) is -0.152. The zero-order valence-electron chi connectivity index (χ0n) is 15.9. The fraction of sp³-hybridized carbons (Fsp3) is 0.364. The van der Waals surface area contributed by atoms with E-state index in [1.54, 1.807) is 11.8 Å². The molecule has 0 radical (unpaired) electrons. The van der Waals surface area contributed by atoms with Crippen LogP contribution in [0.4, 0.5) is 0 Å². The van der Waals surface area contributed by atoms with Crippen LogP contribution in [0.5, 0.6) is 0 Å².